The molecule has 112 valence electrons. The standard InChI is InChI=1S/C16H19ClN2O2/c1-3-4-9-19-10-15(13-5-7-14(17)8-6-13)18-16(19)11-21-12(2)20/h5-8,10H,3-4,9,11H2,1-2H3. The minimum absolute atomic E-state index is 0.201. The number of unbranched alkanes of at least 4 members (excludes halogenated alkanes) is 1. The van der Waals surface area contributed by atoms with Crippen molar-refractivity contribution in [1.82, 2.24) is 9.55 Å². The Kier molecular flexibility index (Phi) is 5.39. The quantitative estimate of drug-likeness (QED) is 0.756. The fraction of sp³-hybridized carbons (Fsp3) is 0.375. The second-order valence-electron chi connectivity index (χ2n) is 4.88. The fourth-order valence-corrected chi connectivity index (χ4v) is 2.14. The lowest BCUT2D eigenvalue weighted by atomic mass is 10.2. The van der Waals surface area contributed by atoms with Gasteiger partial charge in [0.25, 0.3) is 0 Å². The summed E-state index contributed by atoms with van der Waals surface area (Å²) in [6.07, 6.45) is 4.16. The number of esters is 1. The summed E-state index contributed by atoms with van der Waals surface area (Å²) < 4.78 is 7.13. The number of hydrogen-bond acceptors (Lipinski definition) is 3. The number of benzene rings is 1. The molecule has 0 saturated heterocycles. The van der Waals surface area contributed by atoms with Gasteiger partial charge in [0.05, 0.1) is 5.69 Å². The molecule has 0 unspecified atom stereocenters. The van der Waals surface area contributed by atoms with Crippen molar-refractivity contribution in [1.29, 1.82) is 0 Å². The summed E-state index contributed by atoms with van der Waals surface area (Å²) in [5.74, 6) is 0.469. The lowest BCUT2D eigenvalue weighted by Gasteiger charge is -2.06. The predicted octanol–water partition coefficient (Wildman–Crippen LogP) is 4.07. The summed E-state index contributed by atoms with van der Waals surface area (Å²) in [4.78, 5) is 15.6. The Hall–Kier alpha value is -1.81. The molecule has 1 heterocycles. The maximum absolute atomic E-state index is 11.0. The topological polar surface area (TPSA) is 44.1 Å². The van der Waals surface area contributed by atoms with Crippen LogP contribution in [0.3, 0.4) is 0 Å². The molecule has 2 aromatic rings. The summed E-state index contributed by atoms with van der Waals surface area (Å²) in [7, 11) is 0. The van der Waals surface area contributed by atoms with Crippen LogP contribution in [-0.2, 0) is 22.7 Å². The third kappa shape index (κ3) is 4.33. The summed E-state index contributed by atoms with van der Waals surface area (Å²) in [5.41, 5.74) is 1.86. The van der Waals surface area contributed by atoms with Crippen molar-refractivity contribution in [3.05, 3.63) is 41.3 Å². The Morgan fingerprint density at radius 2 is 2.05 bits per heavy atom. The van der Waals surface area contributed by atoms with Crippen molar-refractivity contribution >= 4 is 17.6 Å². The Morgan fingerprint density at radius 3 is 2.67 bits per heavy atom. The Labute approximate surface area is 129 Å². The second kappa shape index (κ2) is 7.27. The molecular weight excluding hydrogens is 288 g/mol. The van der Waals surface area contributed by atoms with Crippen molar-refractivity contribution in [3.8, 4) is 11.3 Å². The molecule has 4 nitrogen and oxygen atoms in total. The smallest absolute Gasteiger partial charge is 0.303 e. The van der Waals surface area contributed by atoms with Crippen LogP contribution >= 0.6 is 11.6 Å². The highest BCUT2D eigenvalue weighted by Crippen LogP contribution is 2.21. The number of imidazole rings is 1. The number of nitrogens with zero attached hydrogens (tertiary/aromatic N) is 2. The molecule has 0 radical (unpaired) electrons. The van der Waals surface area contributed by atoms with Gasteiger partial charge in [-0.3, -0.25) is 4.79 Å². The first-order chi connectivity index (χ1) is 10.1. The number of carbonyl (C=O) groups excluding carboxylic acids is 1. The van der Waals surface area contributed by atoms with E-state index in [1.807, 2.05) is 30.5 Å². The highest BCUT2D eigenvalue weighted by atomic mass is 35.5. The second-order valence-corrected chi connectivity index (χ2v) is 5.31. The van der Waals surface area contributed by atoms with E-state index in [0.29, 0.717) is 5.02 Å². The predicted molar refractivity (Wildman–Crippen MR) is 83.1 cm³/mol. The van der Waals surface area contributed by atoms with Gasteiger partial charge in [-0.25, -0.2) is 4.98 Å². The van der Waals surface area contributed by atoms with E-state index >= 15 is 0 Å². The highest BCUT2D eigenvalue weighted by Gasteiger charge is 2.10. The van der Waals surface area contributed by atoms with Crippen molar-refractivity contribution in [2.24, 2.45) is 0 Å². The number of aromatic nitrogens is 2. The van der Waals surface area contributed by atoms with Gasteiger partial charge >= 0.3 is 5.97 Å². The maximum Gasteiger partial charge on any atom is 0.303 e. The first-order valence-corrected chi connectivity index (χ1v) is 7.43. The first kappa shape index (κ1) is 15.6. The molecule has 0 bridgehead atoms. The van der Waals surface area contributed by atoms with E-state index in [9.17, 15) is 4.79 Å². The van der Waals surface area contributed by atoms with Gasteiger partial charge in [0, 0.05) is 30.3 Å². The summed E-state index contributed by atoms with van der Waals surface area (Å²) in [5, 5.41) is 0.698. The average molecular weight is 307 g/mol. The van der Waals surface area contributed by atoms with E-state index in [2.05, 4.69) is 16.5 Å². The number of ether oxygens (including phenoxy) is 1. The zero-order valence-corrected chi connectivity index (χ0v) is 13.1. The molecule has 2 rings (SSSR count). The zero-order valence-electron chi connectivity index (χ0n) is 12.3. The van der Waals surface area contributed by atoms with Crippen LogP contribution in [0.2, 0.25) is 5.02 Å². The highest BCUT2D eigenvalue weighted by molar-refractivity contribution is 6.30. The van der Waals surface area contributed by atoms with Gasteiger partial charge in [0.1, 0.15) is 12.4 Å². The third-order valence-corrected chi connectivity index (χ3v) is 3.41. The normalized spacial score (nSPS) is 10.6. The largest absolute Gasteiger partial charge is 0.458 e. The molecule has 0 N–H and O–H groups in total. The Bertz CT molecular complexity index is 605. The molecule has 0 aliphatic heterocycles. The molecule has 0 aliphatic rings. The van der Waals surface area contributed by atoms with Gasteiger partial charge in [-0.15, -0.1) is 0 Å². The van der Waals surface area contributed by atoms with Crippen LogP contribution < -0.4 is 0 Å². The van der Waals surface area contributed by atoms with Gasteiger partial charge in [0.15, 0.2) is 0 Å². The maximum atomic E-state index is 11.0. The van der Waals surface area contributed by atoms with Crippen LogP contribution in [0, 0.1) is 0 Å². The Morgan fingerprint density at radius 1 is 1.33 bits per heavy atom. The molecule has 0 atom stereocenters. The summed E-state index contributed by atoms with van der Waals surface area (Å²) in [6, 6.07) is 7.55. The number of aryl methyl sites for hydroxylation is 1. The fourth-order valence-electron chi connectivity index (χ4n) is 2.02. The number of rotatable bonds is 6. The molecule has 5 heteroatoms. The first-order valence-electron chi connectivity index (χ1n) is 7.05. The molecule has 0 spiro atoms. The van der Waals surface area contributed by atoms with E-state index in [0.717, 1.165) is 36.5 Å². The summed E-state index contributed by atoms with van der Waals surface area (Å²) >= 11 is 5.91. The van der Waals surface area contributed by atoms with E-state index in [1.54, 1.807) is 0 Å². The SMILES string of the molecule is CCCCn1cc(-c2ccc(Cl)cc2)nc1COC(C)=O. The van der Waals surface area contributed by atoms with E-state index < -0.39 is 0 Å². The van der Waals surface area contributed by atoms with Crippen LogP contribution in [0.4, 0.5) is 0 Å². The van der Waals surface area contributed by atoms with E-state index in [4.69, 9.17) is 16.3 Å². The van der Waals surface area contributed by atoms with Crippen molar-refractivity contribution < 1.29 is 9.53 Å². The molecule has 0 fully saturated rings. The van der Waals surface area contributed by atoms with Crippen molar-refractivity contribution in [3.63, 3.8) is 0 Å². The lowest BCUT2D eigenvalue weighted by Crippen LogP contribution is -2.07. The number of hydrogen-bond donors (Lipinski definition) is 0. The molecule has 0 aliphatic carbocycles. The van der Waals surface area contributed by atoms with Gasteiger partial charge in [-0.05, 0) is 18.6 Å². The van der Waals surface area contributed by atoms with E-state index in [1.165, 1.54) is 6.92 Å². The average Bonchev–Trinajstić information content (AvgIpc) is 2.87. The van der Waals surface area contributed by atoms with Crippen molar-refractivity contribution in [2.45, 2.75) is 39.8 Å². The van der Waals surface area contributed by atoms with Crippen LogP contribution in [0.25, 0.3) is 11.3 Å². The molecule has 21 heavy (non-hydrogen) atoms. The molecule has 1 aromatic carbocycles. The van der Waals surface area contributed by atoms with Crippen LogP contribution in [0.1, 0.15) is 32.5 Å². The molecule has 1 aromatic heterocycles. The van der Waals surface area contributed by atoms with Gasteiger partial charge in [-0.1, -0.05) is 37.1 Å². The zero-order chi connectivity index (χ0) is 15.2. The third-order valence-electron chi connectivity index (χ3n) is 3.16. The van der Waals surface area contributed by atoms with Crippen LogP contribution in [0.15, 0.2) is 30.5 Å². The monoisotopic (exact) mass is 306 g/mol. The van der Waals surface area contributed by atoms with Crippen LogP contribution in [-0.4, -0.2) is 15.5 Å². The molecule has 0 amide bonds. The van der Waals surface area contributed by atoms with E-state index in [-0.39, 0.29) is 12.6 Å². The van der Waals surface area contributed by atoms with Gasteiger partial charge in [-0.2, -0.15) is 0 Å². The number of carbonyl (C=O) groups is 1. The lowest BCUT2D eigenvalue weighted by molar-refractivity contribution is -0.142. The van der Waals surface area contributed by atoms with Gasteiger partial charge in [0.2, 0.25) is 0 Å². The Balaban J connectivity index is 2.25. The van der Waals surface area contributed by atoms with Crippen molar-refractivity contribution in [2.75, 3.05) is 0 Å². The molecular formula is C16H19ClN2O2. The minimum atomic E-state index is -0.298. The minimum Gasteiger partial charge on any atom is -0.458 e. The van der Waals surface area contributed by atoms with Crippen LogP contribution in [0.5, 0.6) is 0 Å². The number of halogens is 1. The van der Waals surface area contributed by atoms with Gasteiger partial charge < -0.3 is 9.30 Å². The molecule has 0 saturated carbocycles. The summed E-state index contributed by atoms with van der Waals surface area (Å²) in [6.45, 7) is 4.61.